The molecule has 0 spiro atoms. The van der Waals surface area contributed by atoms with Crippen LogP contribution in [0.4, 0.5) is 5.69 Å². The highest BCUT2D eigenvalue weighted by molar-refractivity contribution is 5.96. The predicted octanol–water partition coefficient (Wildman–Crippen LogP) is 1.30. The number of carbonyl (C=O) groups excluding carboxylic acids is 1. The lowest BCUT2D eigenvalue weighted by Crippen LogP contribution is -2.24. The number of aryl methyl sites for hydroxylation is 1. The summed E-state index contributed by atoms with van der Waals surface area (Å²) >= 11 is 0. The number of benzene rings is 1. The molecule has 18 heavy (non-hydrogen) atoms. The van der Waals surface area contributed by atoms with E-state index in [0.29, 0.717) is 23.5 Å². The van der Waals surface area contributed by atoms with Crippen molar-refractivity contribution in [1.82, 2.24) is 15.5 Å². The highest BCUT2D eigenvalue weighted by atomic mass is 16.1. The van der Waals surface area contributed by atoms with E-state index in [1.54, 1.807) is 30.5 Å². The molecule has 0 atom stereocenters. The minimum Gasteiger partial charge on any atom is -0.399 e. The van der Waals surface area contributed by atoms with E-state index in [1.807, 2.05) is 13.0 Å². The first kappa shape index (κ1) is 12.0. The molecule has 0 unspecified atom stereocenters. The van der Waals surface area contributed by atoms with Crippen LogP contribution >= 0.6 is 0 Å². The molecule has 1 aromatic heterocycles. The van der Waals surface area contributed by atoms with E-state index < -0.39 is 0 Å². The van der Waals surface area contributed by atoms with Crippen LogP contribution < -0.4 is 11.1 Å². The topological polar surface area (TPSA) is 80.9 Å². The Kier molecular flexibility index (Phi) is 3.52. The van der Waals surface area contributed by atoms with Crippen LogP contribution in [0.5, 0.6) is 0 Å². The van der Waals surface area contributed by atoms with Gasteiger partial charge in [-0.25, -0.2) is 0 Å². The number of hydrogen-bond acceptors (Lipinski definition) is 4. The van der Waals surface area contributed by atoms with E-state index in [1.165, 1.54) is 0 Å². The van der Waals surface area contributed by atoms with Crippen molar-refractivity contribution in [3.8, 4) is 0 Å². The Bertz CT molecular complexity index is 554. The summed E-state index contributed by atoms with van der Waals surface area (Å²) < 4.78 is 0. The van der Waals surface area contributed by atoms with Gasteiger partial charge >= 0.3 is 0 Å². The molecule has 5 nitrogen and oxygen atoms in total. The quantitative estimate of drug-likeness (QED) is 0.795. The van der Waals surface area contributed by atoms with Gasteiger partial charge in [0, 0.05) is 17.4 Å². The zero-order valence-corrected chi connectivity index (χ0v) is 10.1. The molecule has 0 saturated heterocycles. The molecule has 2 rings (SSSR count). The van der Waals surface area contributed by atoms with Gasteiger partial charge in [0.15, 0.2) is 0 Å². The molecule has 0 radical (unpaired) electrons. The first-order chi connectivity index (χ1) is 8.66. The van der Waals surface area contributed by atoms with Crippen molar-refractivity contribution in [3.63, 3.8) is 0 Å². The first-order valence-electron chi connectivity index (χ1n) is 5.58. The van der Waals surface area contributed by atoms with Crippen molar-refractivity contribution < 1.29 is 4.79 Å². The number of nitrogens with two attached hydrogens (primary N) is 1. The fourth-order valence-corrected chi connectivity index (χ4v) is 1.58. The predicted molar refractivity (Wildman–Crippen MR) is 68.8 cm³/mol. The Hall–Kier alpha value is -2.43. The SMILES string of the molecule is Cc1ccc(N)cc1C(=O)NCc1cccnn1. The van der Waals surface area contributed by atoms with Gasteiger partial charge < -0.3 is 11.1 Å². The Balaban J connectivity index is 2.06. The summed E-state index contributed by atoms with van der Waals surface area (Å²) in [5.74, 6) is -0.162. The monoisotopic (exact) mass is 242 g/mol. The largest absolute Gasteiger partial charge is 0.399 e. The van der Waals surface area contributed by atoms with Crippen LogP contribution in [0.3, 0.4) is 0 Å². The number of carbonyl (C=O) groups is 1. The highest BCUT2D eigenvalue weighted by Crippen LogP contribution is 2.12. The average molecular weight is 242 g/mol. The molecule has 3 N–H and O–H groups in total. The fraction of sp³-hybridized carbons (Fsp3) is 0.154. The minimum absolute atomic E-state index is 0.162. The number of amides is 1. The highest BCUT2D eigenvalue weighted by Gasteiger charge is 2.09. The first-order valence-corrected chi connectivity index (χ1v) is 5.58. The van der Waals surface area contributed by atoms with Crippen LogP contribution in [0.1, 0.15) is 21.6 Å². The zero-order valence-electron chi connectivity index (χ0n) is 10.1. The normalized spacial score (nSPS) is 10.1. The minimum atomic E-state index is -0.162. The average Bonchev–Trinajstić information content (AvgIpc) is 2.40. The molecule has 1 aromatic carbocycles. The van der Waals surface area contributed by atoms with Crippen molar-refractivity contribution >= 4 is 11.6 Å². The van der Waals surface area contributed by atoms with Crippen LogP contribution in [0.15, 0.2) is 36.5 Å². The van der Waals surface area contributed by atoms with Crippen LogP contribution in [0.2, 0.25) is 0 Å². The number of nitrogen functional groups attached to an aromatic ring is 1. The number of rotatable bonds is 3. The zero-order chi connectivity index (χ0) is 13.0. The second kappa shape index (κ2) is 5.27. The molecule has 0 fully saturated rings. The smallest absolute Gasteiger partial charge is 0.251 e. The molecule has 0 saturated carbocycles. The van der Waals surface area contributed by atoms with Gasteiger partial charge in [0.25, 0.3) is 5.91 Å². The number of anilines is 1. The van der Waals surface area contributed by atoms with Crippen molar-refractivity contribution in [1.29, 1.82) is 0 Å². The molecule has 2 aromatic rings. The van der Waals surface area contributed by atoms with Gasteiger partial charge in [0.2, 0.25) is 0 Å². The maximum absolute atomic E-state index is 12.0. The molecular weight excluding hydrogens is 228 g/mol. The van der Waals surface area contributed by atoms with E-state index in [4.69, 9.17) is 5.73 Å². The second-order valence-electron chi connectivity index (χ2n) is 3.97. The van der Waals surface area contributed by atoms with Gasteiger partial charge in [-0.15, -0.1) is 0 Å². The van der Waals surface area contributed by atoms with E-state index in [9.17, 15) is 4.79 Å². The van der Waals surface area contributed by atoms with Gasteiger partial charge in [-0.3, -0.25) is 4.79 Å². The molecule has 0 aliphatic rings. The summed E-state index contributed by atoms with van der Waals surface area (Å²) in [6.07, 6.45) is 1.59. The summed E-state index contributed by atoms with van der Waals surface area (Å²) in [4.78, 5) is 12.0. The third kappa shape index (κ3) is 2.82. The van der Waals surface area contributed by atoms with Gasteiger partial charge in [-0.2, -0.15) is 10.2 Å². The second-order valence-corrected chi connectivity index (χ2v) is 3.97. The lowest BCUT2D eigenvalue weighted by molar-refractivity contribution is 0.0950. The van der Waals surface area contributed by atoms with Crippen LogP contribution in [0.25, 0.3) is 0 Å². The lowest BCUT2D eigenvalue weighted by Gasteiger charge is -2.07. The number of aromatic nitrogens is 2. The molecule has 92 valence electrons. The Morgan fingerprint density at radius 1 is 1.39 bits per heavy atom. The van der Waals surface area contributed by atoms with Crippen LogP contribution in [-0.2, 0) is 6.54 Å². The van der Waals surface area contributed by atoms with E-state index in [0.717, 1.165) is 5.56 Å². The summed E-state index contributed by atoms with van der Waals surface area (Å²) in [6.45, 7) is 2.22. The molecule has 1 amide bonds. The molecule has 0 aliphatic heterocycles. The fourth-order valence-electron chi connectivity index (χ4n) is 1.58. The standard InChI is InChI=1S/C13H14N4O/c1-9-4-5-10(14)7-12(9)13(18)15-8-11-3-2-6-16-17-11/h2-7H,8,14H2,1H3,(H,15,18). The summed E-state index contributed by atoms with van der Waals surface area (Å²) in [7, 11) is 0. The van der Waals surface area contributed by atoms with Crippen molar-refractivity contribution in [3.05, 3.63) is 53.3 Å². The van der Waals surface area contributed by atoms with Crippen LogP contribution in [-0.4, -0.2) is 16.1 Å². The van der Waals surface area contributed by atoms with E-state index in [2.05, 4.69) is 15.5 Å². The van der Waals surface area contributed by atoms with E-state index >= 15 is 0 Å². The van der Waals surface area contributed by atoms with Crippen molar-refractivity contribution in [2.45, 2.75) is 13.5 Å². The summed E-state index contributed by atoms with van der Waals surface area (Å²) in [5.41, 5.74) is 8.43. The molecule has 0 aliphatic carbocycles. The third-order valence-electron chi connectivity index (χ3n) is 2.56. The van der Waals surface area contributed by atoms with Crippen molar-refractivity contribution in [2.24, 2.45) is 0 Å². The number of nitrogens with zero attached hydrogens (tertiary/aromatic N) is 2. The number of hydrogen-bond donors (Lipinski definition) is 2. The van der Waals surface area contributed by atoms with Gasteiger partial charge in [0.1, 0.15) is 0 Å². The van der Waals surface area contributed by atoms with E-state index in [-0.39, 0.29) is 5.91 Å². The van der Waals surface area contributed by atoms with Crippen molar-refractivity contribution in [2.75, 3.05) is 5.73 Å². The summed E-state index contributed by atoms with van der Waals surface area (Å²) in [5, 5.41) is 10.4. The number of nitrogens with one attached hydrogen (secondary N) is 1. The van der Waals surface area contributed by atoms with Gasteiger partial charge in [-0.1, -0.05) is 6.07 Å². The van der Waals surface area contributed by atoms with Crippen LogP contribution in [0, 0.1) is 6.92 Å². The molecule has 1 heterocycles. The molecule has 5 heteroatoms. The Morgan fingerprint density at radius 3 is 2.94 bits per heavy atom. The van der Waals surface area contributed by atoms with Gasteiger partial charge in [-0.05, 0) is 36.8 Å². The Labute approximate surface area is 105 Å². The molecule has 0 bridgehead atoms. The maximum Gasteiger partial charge on any atom is 0.251 e. The summed E-state index contributed by atoms with van der Waals surface area (Å²) in [6, 6.07) is 8.85. The Morgan fingerprint density at radius 2 is 2.22 bits per heavy atom. The van der Waals surface area contributed by atoms with Gasteiger partial charge in [0.05, 0.1) is 12.2 Å². The maximum atomic E-state index is 12.0. The molecular formula is C13H14N4O. The lowest BCUT2D eigenvalue weighted by atomic mass is 10.1. The third-order valence-corrected chi connectivity index (χ3v) is 2.56.